The predicted molar refractivity (Wildman–Crippen MR) is 240 cm³/mol. The molecule has 7 heteroatoms. The molecule has 11 rings (SSSR count). The van der Waals surface area contributed by atoms with Crippen molar-refractivity contribution in [3.63, 3.8) is 0 Å². The lowest BCUT2D eigenvalue weighted by Gasteiger charge is -2.41. The fraction of sp³-hybridized carbons (Fsp3) is 0.0408. The Kier molecular flexibility index (Phi) is 7.05. The van der Waals surface area contributed by atoms with Crippen LogP contribution in [0.2, 0.25) is 5.11 Å². The molecular formula is C49H27B5N2. The lowest BCUT2D eigenvalue weighted by Crippen LogP contribution is -2.45. The van der Waals surface area contributed by atoms with Gasteiger partial charge in [0.15, 0.2) is 0 Å². The SMILES string of the molecule is [B]C([B])([B])C([B])([B])c1nc2ccccc2n1-c1ccc2cc(-c3c4ccccc4c(-c4ccc5c6c(cccc46)-c4ccccc4-5)c4ccccc34)ccc2c1. The molecule has 0 spiro atoms. The molecular weight excluding hydrogens is 671 g/mol. The molecule has 0 saturated heterocycles. The van der Waals surface area contributed by atoms with E-state index in [1.54, 1.807) is 0 Å². The summed E-state index contributed by atoms with van der Waals surface area (Å²) in [6.07, 6.45) is 0. The van der Waals surface area contributed by atoms with Crippen LogP contribution in [0, 0.1) is 0 Å². The first-order chi connectivity index (χ1) is 27.2. The smallest absolute Gasteiger partial charge is 0.101 e. The maximum absolute atomic E-state index is 6.53. The van der Waals surface area contributed by atoms with E-state index in [2.05, 4.69) is 133 Å². The largest absolute Gasteiger partial charge is 0.297 e. The summed E-state index contributed by atoms with van der Waals surface area (Å²) in [7, 11) is 31.4. The van der Waals surface area contributed by atoms with E-state index in [0.29, 0.717) is 5.52 Å². The zero-order chi connectivity index (χ0) is 37.9. The fourth-order valence-electron chi connectivity index (χ4n) is 9.04. The third kappa shape index (κ3) is 4.67. The Hall–Kier alpha value is -6.19. The molecule has 10 radical (unpaired) electrons. The summed E-state index contributed by atoms with van der Waals surface area (Å²) >= 11 is 0. The number of benzene rings is 9. The number of hydrogen-bond acceptors (Lipinski definition) is 1. The minimum absolute atomic E-state index is 0.269. The van der Waals surface area contributed by atoms with Gasteiger partial charge in [-0.25, -0.2) is 4.98 Å². The van der Waals surface area contributed by atoms with E-state index in [4.69, 9.17) is 44.2 Å². The maximum atomic E-state index is 6.53. The van der Waals surface area contributed by atoms with Crippen molar-refractivity contribution < 1.29 is 0 Å². The molecule has 0 aliphatic heterocycles. The molecule has 56 heavy (non-hydrogen) atoms. The van der Waals surface area contributed by atoms with Gasteiger partial charge in [0.1, 0.15) is 5.82 Å². The van der Waals surface area contributed by atoms with Crippen LogP contribution in [0.5, 0.6) is 0 Å². The Bertz CT molecular complexity index is 3200. The van der Waals surface area contributed by atoms with Crippen molar-refractivity contribution in [2.45, 2.75) is 10.3 Å². The predicted octanol–water partition coefficient (Wildman–Crippen LogP) is 10.7. The molecule has 0 bridgehead atoms. The highest BCUT2D eigenvalue weighted by Crippen LogP contribution is 2.52. The Morgan fingerprint density at radius 3 is 1.66 bits per heavy atom. The normalized spacial score (nSPS) is 12.6. The Labute approximate surface area is 331 Å². The van der Waals surface area contributed by atoms with Gasteiger partial charge in [0.2, 0.25) is 0 Å². The number of fused-ring (bicyclic) bond motifs is 7. The minimum atomic E-state index is -1.93. The summed E-state index contributed by atoms with van der Waals surface area (Å²) in [6.45, 7) is 0. The fourth-order valence-corrected chi connectivity index (χ4v) is 9.04. The summed E-state index contributed by atoms with van der Waals surface area (Å²) in [5, 5.41) is 5.79. The molecule has 1 aliphatic rings. The third-order valence-corrected chi connectivity index (χ3v) is 11.8. The van der Waals surface area contributed by atoms with Gasteiger partial charge in [-0.15, -0.1) is 5.11 Å². The van der Waals surface area contributed by atoms with Crippen molar-refractivity contribution in [3.05, 3.63) is 170 Å². The first-order valence-electron chi connectivity index (χ1n) is 18.8. The lowest BCUT2D eigenvalue weighted by atomic mass is 9.23. The zero-order valence-corrected chi connectivity index (χ0v) is 30.4. The molecule has 10 aromatic rings. The maximum Gasteiger partial charge on any atom is 0.101 e. The standard InChI is InChI=1S/C49H27B5N2/c50-48(51,49(52,53)54)47-55-42-18-7-8-19-43(42)56(47)31-23-22-28-26-30(21-20-29(28)27-31)44-35-12-3-5-14-37(35)46(38-15-6-4-13-36(38)44)41-25-24-40-33-11-2-1-10-32(33)34-16-9-17-39(41)45(34)40/h1-27H. The number of hydrogen-bond donors (Lipinski definition) is 0. The summed E-state index contributed by atoms with van der Waals surface area (Å²) in [6, 6.07) is 58.4. The second-order valence-electron chi connectivity index (χ2n) is 15.1. The highest BCUT2D eigenvalue weighted by Gasteiger charge is 2.36. The Balaban J connectivity index is 1.11. The molecule has 2 nitrogen and oxygen atoms in total. The van der Waals surface area contributed by atoms with Gasteiger partial charge in [-0.05, 0) is 118 Å². The van der Waals surface area contributed by atoms with Crippen molar-refractivity contribution >= 4 is 93.4 Å². The monoisotopic (exact) mass is 698 g/mol. The van der Waals surface area contributed by atoms with Crippen LogP contribution in [0.25, 0.3) is 104 Å². The van der Waals surface area contributed by atoms with Gasteiger partial charge < -0.3 is 0 Å². The average Bonchev–Trinajstić information content (AvgIpc) is 3.77. The van der Waals surface area contributed by atoms with E-state index in [9.17, 15) is 0 Å². The van der Waals surface area contributed by atoms with Crippen molar-refractivity contribution in [1.29, 1.82) is 0 Å². The molecule has 1 aromatic heterocycles. The quantitative estimate of drug-likeness (QED) is 0.129. The molecule has 9 aromatic carbocycles. The van der Waals surface area contributed by atoms with Crippen LogP contribution in [-0.4, -0.2) is 48.8 Å². The molecule has 0 amide bonds. The molecule has 0 fully saturated rings. The first-order valence-corrected chi connectivity index (χ1v) is 18.8. The van der Waals surface area contributed by atoms with Gasteiger partial charge in [0.25, 0.3) is 0 Å². The van der Waals surface area contributed by atoms with Gasteiger partial charge >= 0.3 is 0 Å². The lowest BCUT2D eigenvalue weighted by molar-refractivity contribution is 0.757. The second kappa shape index (κ2) is 11.9. The second-order valence-corrected chi connectivity index (χ2v) is 15.1. The number of aromatic nitrogens is 2. The van der Waals surface area contributed by atoms with E-state index in [-0.39, 0.29) is 5.82 Å². The van der Waals surface area contributed by atoms with Crippen LogP contribution in [-0.2, 0) is 5.21 Å². The summed E-state index contributed by atoms with van der Waals surface area (Å²) in [4.78, 5) is 4.76. The van der Waals surface area contributed by atoms with Crippen molar-refractivity contribution in [2.24, 2.45) is 0 Å². The molecule has 1 heterocycles. The molecule has 1 aliphatic carbocycles. The summed E-state index contributed by atoms with van der Waals surface area (Å²) in [5.74, 6) is 0.269. The molecule has 0 saturated carbocycles. The minimum Gasteiger partial charge on any atom is -0.297 e. The first kappa shape index (κ1) is 33.2. The van der Waals surface area contributed by atoms with Gasteiger partial charge in [-0.1, -0.05) is 139 Å². The average molecular weight is 698 g/mol. The van der Waals surface area contributed by atoms with Gasteiger partial charge in [0, 0.05) is 5.69 Å². The van der Waals surface area contributed by atoms with Crippen molar-refractivity contribution in [1.82, 2.24) is 9.55 Å². The highest BCUT2D eigenvalue weighted by atomic mass is 15.1. The van der Waals surface area contributed by atoms with E-state index < -0.39 is 10.3 Å². The number of rotatable bonds is 5. The van der Waals surface area contributed by atoms with Crippen molar-refractivity contribution in [2.75, 3.05) is 0 Å². The van der Waals surface area contributed by atoms with Crippen LogP contribution < -0.4 is 0 Å². The Morgan fingerprint density at radius 1 is 0.429 bits per heavy atom. The topological polar surface area (TPSA) is 17.8 Å². The number of para-hydroxylation sites is 2. The highest BCUT2D eigenvalue weighted by molar-refractivity contribution is 6.67. The van der Waals surface area contributed by atoms with Crippen LogP contribution in [0.15, 0.2) is 164 Å². The van der Waals surface area contributed by atoms with Gasteiger partial charge in [-0.2, -0.15) is 0 Å². The summed E-state index contributed by atoms with van der Waals surface area (Å²) < 4.78 is 1.89. The van der Waals surface area contributed by atoms with E-state index in [0.717, 1.165) is 27.5 Å². The van der Waals surface area contributed by atoms with E-state index in [1.807, 2.05) is 34.9 Å². The third-order valence-electron chi connectivity index (χ3n) is 11.8. The summed E-state index contributed by atoms with van der Waals surface area (Å²) in [5.41, 5.74) is 12.4. The molecule has 248 valence electrons. The zero-order valence-electron chi connectivity index (χ0n) is 30.4. The van der Waals surface area contributed by atoms with E-state index >= 15 is 0 Å². The molecule has 0 atom stereocenters. The van der Waals surface area contributed by atoms with Gasteiger partial charge in [-0.3, -0.25) is 4.57 Å². The van der Waals surface area contributed by atoms with Crippen LogP contribution >= 0.6 is 0 Å². The van der Waals surface area contributed by atoms with E-state index in [1.165, 1.54) is 71.3 Å². The molecule has 0 N–H and O–H groups in total. The molecule has 0 unspecified atom stereocenters. The van der Waals surface area contributed by atoms with Crippen LogP contribution in [0.4, 0.5) is 0 Å². The van der Waals surface area contributed by atoms with Crippen LogP contribution in [0.1, 0.15) is 5.82 Å². The van der Waals surface area contributed by atoms with Crippen molar-refractivity contribution in [3.8, 4) is 50.2 Å². The number of imidazole rings is 1. The van der Waals surface area contributed by atoms with Gasteiger partial charge in [0.05, 0.1) is 50.3 Å². The van der Waals surface area contributed by atoms with Crippen LogP contribution in [0.3, 0.4) is 0 Å². The Morgan fingerprint density at radius 2 is 0.964 bits per heavy atom. The number of nitrogens with zero attached hydrogens (tertiary/aromatic N) is 2.